The van der Waals surface area contributed by atoms with Gasteiger partial charge >= 0.3 is 0 Å². The number of amides is 1. The second-order valence-electron chi connectivity index (χ2n) is 9.18. The number of carbonyl (C=O) groups excluding carboxylic acids is 1. The number of nitrogens with one attached hydrogen (secondary N) is 1. The largest absolute Gasteiger partial charge is 0.489 e. The summed E-state index contributed by atoms with van der Waals surface area (Å²) in [6, 6.07) is 10.6. The van der Waals surface area contributed by atoms with Crippen molar-refractivity contribution in [1.29, 1.82) is 0 Å². The van der Waals surface area contributed by atoms with Crippen molar-refractivity contribution in [3.63, 3.8) is 0 Å². The Hall–Kier alpha value is -5.03. The van der Waals surface area contributed by atoms with Gasteiger partial charge in [-0.3, -0.25) is 14.6 Å². The van der Waals surface area contributed by atoms with E-state index in [0.717, 1.165) is 6.07 Å². The van der Waals surface area contributed by atoms with Crippen LogP contribution in [0.4, 0.5) is 10.1 Å². The molecular formula is C30H27FN4O6. The molecule has 0 spiro atoms. The van der Waals surface area contributed by atoms with Crippen molar-refractivity contribution in [2.45, 2.75) is 13.8 Å². The van der Waals surface area contributed by atoms with E-state index in [4.69, 9.17) is 18.6 Å². The average molecular weight is 559 g/mol. The van der Waals surface area contributed by atoms with Crippen molar-refractivity contribution in [3.8, 4) is 28.6 Å². The summed E-state index contributed by atoms with van der Waals surface area (Å²) in [5.74, 6) is -0.314. The second kappa shape index (κ2) is 11.6. The molecule has 10 nitrogen and oxygen atoms in total. The molecule has 5 rings (SSSR count). The minimum absolute atomic E-state index is 0.0647. The number of pyridine rings is 3. The highest BCUT2D eigenvalue weighted by atomic mass is 19.1. The third-order valence-electron chi connectivity index (χ3n) is 6.66. The maximum atomic E-state index is 15.1. The monoisotopic (exact) mass is 558 g/mol. The number of rotatable bonds is 9. The van der Waals surface area contributed by atoms with Gasteiger partial charge in [-0.1, -0.05) is 0 Å². The van der Waals surface area contributed by atoms with Crippen molar-refractivity contribution in [2.75, 3.05) is 25.6 Å². The van der Waals surface area contributed by atoms with Gasteiger partial charge in [0.05, 0.1) is 30.1 Å². The van der Waals surface area contributed by atoms with Gasteiger partial charge < -0.3 is 28.5 Å². The average Bonchev–Trinajstić information content (AvgIpc) is 3.48. The van der Waals surface area contributed by atoms with Crippen molar-refractivity contribution >= 4 is 22.6 Å². The van der Waals surface area contributed by atoms with Crippen LogP contribution in [0.15, 0.2) is 70.3 Å². The Balaban J connectivity index is 1.38. The van der Waals surface area contributed by atoms with Crippen molar-refractivity contribution < 1.29 is 27.8 Å². The summed E-state index contributed by atoms with van der Waals surface area (Å²) in [6.07, 6.45) is 4.50. The van der Waals surface area contributed by atoms with Crippen LogP contribution >= 0.6 is 0 Å². The second-order valence-corrected chi connectivity index (χ2v) is 9.18. The maximum Gasteiger partial charge on any atom is 0.261 e. The van der Waals surface area contributed by atoms with E-state index in [1.807, 2.05) is 0 Å². The van der Waals surface area contributed by atoms with E-state index >= 15 is 4.39 Å². The Bertz CT molecular complexity index is 1800. The van der Waals surface area contributed by atoms with Crippen LogP contribution in [0.5, 0.6) is 17.2 Å². The third kappa shape index (κ3) is 5.52. The predicted octanol–water partition coefficient (Wildman–Crippen LogP) is 5.41. The summed E-state index contributed by atoms with van der Waals surface area (Å²) in [5, 5.41) is 2.62. The van der Waals surface area contributed by atoms with Crippen LogP contribution in [-0.4, -0.2) is 40.8 Å². The summed E-state index contributed by atoms with van der Waals surface area (Å²) < 4.78 is 38.7. The number of furan rings is 1. The van der Waals surface area contributed by atoms with Gasteiger partial charge in [0.2, 0.25) is 5.43 Å². The lowest BCUT2D eigenvalue weighted by molar-refractivity contribution is 0.102. The first-order valence-electron chi connectivity index (χ1n) is 12.7. The van der Waals surface area contributed by atoms with Gasteiger partial charge in [0.15, 0.2) is 17.3 Å². The molecule has 0 atom stereocenters. The highest BCUT2D eigenvalue weighted by molar-refractivity contribution is 6.05. The molecule has 11 heteroatoms. The normalized spacial score (nSPS) is 11.0. The number of benzene rings is 1. The number of hydrogen-bond acceptors (Lipinski definition) is 8. The van der Waals surface area contributed by atoms with Gasteiger partial charge in [0, 0.05) is 55.6 Å². The molecule has 0 fully saturated rings. The van der Waals surface area contributed by atoms with Crippen LogP contribution < -0.4 is 20.2 Å². The lowest BCUT2D eigenvalue weighted by atomic mass is 10.0. The van der Waals surface area contributed by atoms with Gasteiger partial charge in [0.1, 0.15) is 29.2 Å². The first kappa shape index (κ1) is 27.5. The smallest absolute Gasteiger partial charge is 0.261 e. The number of carbonyl (C=O) groups is 1. The molecule has 0 unspecified atom stereocenters. The first-order valence-corrected chi connectivity index (χ1v) is 12.7. The molecule has 41 heavy (non-hydrogen) atoms. The molecule has 0 aliphatic carbocycles. The fourth-order valence-electron chi connectivity index (χ4n) is 4.38. The molecule has 5 aromatic rings. The Morgan fingerprint density at radius 2 is 1.90 bits per heavy atom. The van der Waals surface area contributed by atoms with Crippen LogP contribution in [0, 0.1) is 19.7 Å². The Labute approximate surface area is 234 Å². The fraction of sp³-hybridized carbons (Fsp3) is 0.200. The first-order chi connectivity index (χ1) is 19.8. The van der Waals surface area contributed by atoms with E-state index in [2.05, 4.69) is 15.3 Å². The van der Waals surface area contributed by atoms with E-state index in [-0.39, 0.29) is 22.6 Å². The molecule has 0 aliphatic heterocycles. The topological polar surface area (TPSA) is 118 Å². The van der Waals surface area contributed by atoms with Crippen molar-refractivity contribution in [2.24, 2.45) is 7.05 Å². The van der Waals surface area contributed by atoms with E-state index < -0.39 is 17.2 Å². The van der Waals surface area contributed by atoms with Crippen LogP contribution in [0.2, 0.25) is 0 Å². The molecule has 1 aromatic carbocycles. The Morgan fingerprint density at radius 1 is 1.07 bits per heavy atom. The zero-order valence-electron chi connectivity index (χ0n) is 22.9. The summed E-state index contributed by atoms with van der Waals surface area (Å²) >= 11 is 0. The Kier molecular flexibility index (Phi) is 7.79. The number of ether oxygens (including phenoxy) is 3. The molecule has 4 heterocycles. The molecule has 0 saturated heterocycles. The zero-order chi connectivity index (χ0) is 29.1. The number of nitrogens with zero attached hydrogens (tertiary/aromatic N) is 3. The van der Waals surface area contributed by atoms with Gasteiger partial charge in [-0.15, -0.1) is 0 Å². The zero-order valence-corrected chi connectivity index (χ0v) is 22.9. The summed E-state index contributed by atoms with van der Waals surface area (Å²) in [5.41, 5.74) is 1.93. The molecular weight excluding hydrogens is 531 g/mol. The maximum absolute atomic E-state index is 15.1. The number of aromatic nitrogens is 3. The third-order valence-corrected chi connectivity index (χ3v) is 6.66. The Morgan fingerprint density at radius 3 is 2.63 bits per heavy atom. The van der Waals surface area contributed by atoms with Crippen molar-refractivity contribution in [1.82, 2.24) is 14.5 Å². The summed E-state index contributed by atoms with van der Waals surface area (Å²) in [6.45, 7) is 4.24. The number of anilines is 1. The van der Waals surface area contributed by atoms with E-state index in [1.165, 1.54) is 30.8 Å². The predicted molar refractivity (Wildman–Crippen MR) is 150 cm³/mol. The lowest BCUT2D eigenvalue weighted by Crippen LogP contribution is -2.28. The fourth-order valence-corrected chi connectivity index (χ4v) is 4.38. The summed E-state index contributed by atoms with van der Waals surface area (Å²) in [4.78, 5) is 35.3. The molecule has 0 radical (unpaired) electrons. The van der Waals surface area contributed by atoms with Crippen LogP contribution in [0.3, 0.4) is 0 Å². The van der Waals surface area contributed by atoms with Crippen LogP contribution in [0.25, 0.3) is 22.4 Å². The molecule has 0 aliphatic rings. The molecule has 0 bridgehead atoms. The molecule has 0 saturated carbocycles. The molecule has 210 valence electrons. The van der Waals surface area contributed by atoms with Crippen LogP contribution in [0.1, 0.15) is 21.7 Å². The van der Waals surface area contributed by atoms with Gasteiger partial charge in [-0.2, -0.15) is 0 Å². The highest BCUT2D eigenvalue weighted by Crippen LogP contribution is 2.32. The number of hydrogen-bond donors (Lipinski definition) is 1. The van der Waals surface area contributed by atoms with Crippen molar-refractivity contribution in [3.05, 3.63) is 94.1 Å². The molecule has 4 aromatic heterocycles. The SMILES string of the molecule is COCCOc1cnc2c(Oc3ccc(NC(=O)c4c(C)n(C)c(C)c(-c5ccco5)c4=O)cc3F)ccnc2c1. The number of fused-ring (bicyclic) bond motifs is 1. The van der Waals surface area contributed by atoms with Crippen LogP contribution in [-0.2, 0) is 11.8 Å². The number of methoxy groups -OCH3 is 1. The summed E-state index contributed by atoms with van der Waals surface area (Å²) in [7, 11) is 3.34. The highest BCUT2D eigenvalue weighted by Gasteiger charge is 2.23. The minimum atomic E-state index is -0.725. The van der Waals surface area contributed by atoms with E-state index in [9.17, 15) is 9.59 Å². The van der Waals surface area contributed by atoms with E-state index in [0.29, 0.717) is 52.9 Å². The van der Waals surface area contributed by atoms with Gasteiger partial charge in [0.25, 0.3) is 5.91 Å². The molecule has 1 amide bonds. The van der Waals surface area contributed by atoms with E-state index in [1.54, 1.807) is 56.8 Å². The van der Waals surface area contributed by atoms with Gasteiger partial charge in [-0.05, 0) is 38.1 Å². The van der Waals surface area contributed by atoms with Gasteiger partial charge in [-0.25, -0.2) is 9.37 Å². The molecule has 1 N–H and O–H groups in total. The minimum Gasteiger partial charge on any atom is -0.489 e. The standard InChI is InChI=1S/C30H27FN4O6/c1-17-26(24-6-5-11-40-24)29(36)27(18(2)35(17)3)30(37)34-19-7-8-23(21(31)14-19)41-25-9-10-32-22-15-20(16-33-28(22)25)39-13-12-38-4/h5-11,14-16H,12-13H2,1-4H3,(H,34,37). The lowest BCUT2D eigenvalue weighted by Gasteiger charge is -2.17. The quantitative estimate of drug-likeness (QED) is 0.239. The number of halogens is 1.